The minimum Gasteiger partial charge on any atom is -0.359 e. The fraction of sp³-hybridized carbons (Fsp3) is 0.765. The summed E-state index contributed by atoms with van der Waals surface area (Å²) in [7, 11) is 1.63. The fourth-order valence-corrected chi connectivity index (χ4v) is 2.10. The SMILES string of the molecule is CCCCC(CC/C=C/C=C/C(CCC)OCOC)N=[N+]=[N-]. The van der Waals surface area contributed by atoms with Crippen LogP contribution < -0.4 is 0 Å². The second-order valence-corrected chi connectivity index (χ2v) is 5.29. The van der Waals surface area contributed by atoms with Gasteiger partial charge in [0.2, 0.25) is 0 Å². The molecule has 2 atom stereocenters. The third-order valence-corrected chi connectivity index (χ3v) is 3.32. The number of allylic oxidation sites excluding steroid dienone is 3. The molecule has 0 bridgehead atoms. The minimum absolute atomic E-state index is 0.107. The zero-order valence-corrected chi connectivity index (χ0v) is 14.3. The second kappa shape index (κ2) is 16.1. The van der Waals surface area contributed by atoms with Gasteiger partial charge in [0.05, 0.1) is 6.10 Å². The van der Waals surface area contributed by atoms with Crippen molar-refractivity contribution in [2.24, 2.45) is 5.11 Å². The molecule has 0 aromatic carbocycles. The number of azide groups is 1. The van der Waals surface area contributed by atoms with E-state index in [9.17, 15) is 0 Å². The predicted octanol–water partition coefficient (Wildman–Crippen LogP) is 5.54. The minimum atomic E-state index is 0.107. The maximum absolute atomic E-state index is 8.56. The first-order valence-corrected chi connectivity index (χ1v) is 8.26. The summed E-state index contributed by atoms with van der Waals surface area (Å²) >= 11 is 0. The van der Waals surface area contributed by atoms with E-state index in [4.69, 9.17) is 15.0 Å². The van der Waals surface area contributed by atoms with Gasteiger partial charge >= 0.3 is 0 Å². The summed E-state index contributed by atoms with van der Waals surface area (Å²) in [5.41, 5.74) is 8.56. The Morgan fingerprint density at radius 3 is 2.59 bits per heavy atom. The fourth-order valence-electron chi connectivity index (χ4n) is 2.10. The van der Waals surface area contributed by atoms with Crippen LogP contribution in [0.1, 0.15) is 58.8 Å². The van der Waals surface area contributed by atoms with E-state index in [0.29, 0.717) is 6.79 Å². The summed E-state index contributed by atoms with van der Waals surface area (Å²) in [6.45, 7) is 4.61. The Kier molecular flexibility index (Phi) is 15.1. The van der Waals surface area contributed by atoms with Crippen LogP contribution >= 0.6 is 0 Å². The average Bonchev–Trinajstić information content (AvgIpc) is 2.53. The lowest BCUT2D eigenvalue weighted by Crippen LogP contribution is -2.11. The summed E-state index contributed by atoms with van der Waals surface area (Å²) in [5.74, 6) is 0. The van der Waals surface area contributed by atoms with Gasteiger partial charge in [-0.05, 0) is 31.2 Å². The average molecular weight is 309 g/mol. The molecule has 126 valence electrons. The smallest absolute Gasteiger partial charge is 0.147 e. The summed E-state index contributed by atoms with van der Waals surface area (Å²) in [5, 5.41) is 3.86. The van der Waals surface area contributed by atoms with Crippen molar-refractivity contribution in [3.05, 3.63) is 34.7 Å². The molecule has 0 aliphatic rings. The van der Waals surface area contributed by atoms with Gasteiger partial charge in [0.25, 0.3) is 0 Å². The number of hydrogen-bond acceptors (Lipinski definition) is 3. The van der Waals surface area contributed by atoms with E-state index in [2.05, 4.69) is 36.0 Å². The van der Waals surface area contributed by atoms with Crippen molar-refractivity contribution in [3.8, 4) is 0 Å². The van der Waals surface area contributed by atoms with Gasteiger partial charge in [-0.1, -0.05) is 62.5 Å². The first kappa shape index (κ1) is 20.7. The van der Waals surface area contributed by atoms with E-state index in [1.54, 1.807) is 7.11 Å². The lowest BCUT2D eigenvalue weighted by atomic mass is 10.1. The molecule has 5 heteroatoms. The molecule has 0 N–H and O–H groups in total. The van der Waals surface area contributed by atoms with Gasteiger partial charge < -0.3 is 9.47 Å². The summed E-state index contributed by atoms with van der Waals surface area (Å²) < 4.78 is 10.5. The van der Waals surface area contributed by atoms with Gasteiger partial charge in [-0.15, -0.1) is 0 Å². The summed E-state index contributed by atoms with van der Waals surface area (Å²) in [6, 6.07) is 0.122. The molecule has 2 unspecified atom stereocenters. The molecule has 0 amide bonds. The van der Waals surface area contributed by atoms with Crippen molar-refractivity contribution in [1.82, 2.24) is 0 Å². The van der Waals surface area contributed by atoms with E-state index in [1.165, 1.54) is 0 Å². The van der Waals surface area contributed by atoms with Crippen LogP contribution in [0.5, 0.6) is 0 Å². The molecule has 0 rings (SSSR count). The molecule has 0 spiro atoms. The highest BCUT2D eigenvalue weighted by Gasteiger charge is 2.04. The van der Waals surface area contributed by atoms with Gasteiger partial charge in [-0.2, -0.15) is 0 Å². The Hall–Kier alpha value is -1.29. The topological polar surface area (TPSA) is 67.2 Å². The number of nitrogens with zero attached hydrogens (tertiary/aromatic N) is 3. The maximum atomic E-state index is 8.56. The molecule has 0 saturated heterocycles. The van der Waals surface area contributed by atoms with Crippen LogP contribution in [0.15, 0.2) is 29.4 Å². The van der Waals surface area contributed by atoms with E-state index < -0.39 is 0 Å². The number of methoxy groups -OCH3 is 1. The Bertz CT molecular complexity index is 350. The number of ether oxygens (including phenoxy) is 2. The Morgan fingerprint density at radius 1 is 1.14 bits per heavy atom. The molecule has 0 aromatic rings. The highest BCUT2D eigenvalue weighted by Crippen LogP contribution is 2.12. The first-order chi connectivity index (χ1) is 10.8. The number of unbranched alkanes of at least 4 members (excludes halogenated alkanes) is 1. The Labute approximate surface area is 135 Å². The van der Waals surface area contributed by atoms with Crippen molar-refractivity contribution >= 4 is 0 Å². The molecule has 0 saturated carbocycles. The molecule has 0 aliphatic carbocycles. The zero-order valence-electron chi connectivity index (χ0n) is 14.3. The Morgan fingerprint density at radius 2 is 1.95 bits per heavy atom. The highest BCUT2D eigenvalue weighted by molar-refractivity contribution is 5.05. The van der Waals surface area contributed by atoms with Gasteiger partial charge in [-0.25, -0.2) is 0 Å². The molecule has 0 aliphatic heterocycles. The van der Waals surface area contributed by atoms with Crippen molar-refractivity contribution in [2.75, 3.05) is 13.9 Å². The second-order valence-electron chi connectivity index (χ2n) is 5.29. The van der Waals surface area contributed by atoms with E-state index in [-0.39, 0.29) is 12.1 Å². The first-order valence-electron chi connectivity index (χ1n) is 8.26. The van der Waals surface area contributed by atoms with Gasteiger partial charge in [0.1, 0.15) is 6.79 Å². The van der Waals surface area contributed by atoms with Gasteiger partial charge in [0.15, 0.2) is 0 Å². The number of hydrogen-bond donors (Lipinski definition) is 0. The van der Waals surface area contributed by atoms with Crippen molar-refractivity contribution in [3.63, 3.8) is 0 Å². The quantitative estimate of drug-likeness (QED) is 0.139. The van der Waals surface area contributed by atoms with E-state index in [0.717, 1.165) is 44.9 Å². The van der Waals surface area contributed by atoms with Crippen LogP contribution in [0.3, 0.4) is 0 Å². The predicted molar refractivity (Wildman–Crippen MR) is 91.6 cm³/mol. The zero-order chi connectivity index (χ0) is 16.5. The van der Waals surface area contributed by atoms with E-state index in [1.807, 2.05) is 12.2 Å². The monoisotopic (exact) mass is 309 g/mol. The molecule has 0 fully saturated rings. The van der Waals surface area contributed by atoms with Crippen molar-refractivity contribution in [2.45, 2.75) is 70.9 Å². The lowest BCUT2D eigenvalue weighted by molar-refractivity contribution is -0.0575. The molecular formula is C17H31N3O2. The summed E-state index contributed by atoms with van der Waals surface area (Å²) in [6.07, 6.45) is 15.5. The van der Waals surface area contributed by atoms with Crippen LogP contribution in [0, 0.1) is 0 Å². The van der Waals surface area contributed by atoms with Crippen molar-refractivity contribution in [1.29, 1.82) is 0 Å². The lowest BCUT2D eigenvalue weighted by Gasteiger charge is -2.11. The van der Waals surface area contributed by atoms with Crippen LogP contribution in [0.4, 0.5) is 0 Å². The molecular weight excluding hydrogens is 278 g/mol. The van der Waals surface area contributed by atoms with Gasteiger partial charge in [0, 0.05) is 18.1 Å². The van der Waals surface area contributed by atoms with Crippen LogP contribution in [-0.2, 0) is 9.47 Å². The molecule has 22 heavy (non-hydrogen) atoms. The van der Waals surface area contributed by atoms with Crippen LogP contribution in [-0.4, -0.2) is 26.0 Å². The largest absolute Gasteiger partial charge is 0.359 e. The third-order valence-electron chi connectivity index (χ3n) is 3.32. The highest BCUT2D eigenvalue weighted by atomic mass is 16.7. The van der Waals surface area contributed by atoms with Gasteiger partial charge in [-0.3, -0.25) is 0 Å². The molecule has 5 nitrogen and oxygen atoms in total. The summed E-state index contributed by atoms with van der Waals surface area (Å²) in [4.78, 5) is 2.93. The van der Waals surface area contributed by atoms with Crippen LogP contribution in [0.25, 0.3) is 10.4 Å². The van der Waals surface area contributed by atoms with Crippen LogP contribution in [0.2, 0.25) is 0 Å². The molecule has 0 aromatic heterocycles. The standard InChI is InChI=1S/C17H31N3O2/c1-4-6-12-16(19-20-18)13-9-7-8-10-14-17(11-5-2)22-15-21-3/h7-8,10,14,16-17H,4-6,9,11-13,15H2,1-3H3/b8-7+,14-10+. The number of rotatable bonds is 14. The third kappa shape index (κ3) is 12.5. The Balaban J connectivity index is 4.07. The normalized spacial score (nSPS) is 14.3. The molecule has 0 radical (unpaired) electrons. The van der Waals surface area contributed by atoms with Crippen molar-refractivity contribution < 1.29 is 9.47 Å². The maximum Gasteiger partial charge on any atom is 0.147 e. The molecule has 0 heterocycles. The van der Waals surface area contributed by atoms with E-state index >= 15 is 0 Å².